The highest BCUT2D eigenvalue weighted by Gasteiger charge is 2.26. The molecule has 0 saturated heterocycles. The number of nitrogens with one attached hydrogen (secondary N) is 1. The lowest BCUT2D eigenvalue weighted by Crippen LogP contribution is -2.47. The molecule has 0 spiro atoms. The molecule has 0 saturated carbocycles. The number of hydrogen-bond donors (Lipinski definition) is 1. The van der Waals surface area contributed by atoms with Gasteiger partial charge in [-0.2, -0.15) is 0 Å². The van der Waals surface area contributed by atoms with E-state index in [1.807, 2.05) is 69.3 Å². The van der Waals surface area contributed by atoms with E-state index in [1.54, 1.807) is 11.8 Å². The minimum absolute atomic E-state index is 0.132. The molecule has 33 heavy (non-hydrogen) atoms. The van der Waals surface area contributed by atoms with Crippen molar-refractivity contribution in [3.05, 3.63) is 65.2 Å². The minimum Gasteiger partial charge on any atom is -0.355 e. The Morgan fingerprint density at radius 3 is 2.33 bits per heavy atom. The molecule has 2 amide bonds. The summed E-state index contributed by atoms with van der Waals surface area (Å²) in [5.41, 5.74) is 3.37. The van der Waals surface area contributed by atoms with Gasteiger partial charge >= 0.3 is 0 Å². The zero-order valence-corrected chi connectivity index (χ0v) is 21.0. The van der Waals surface area contributed by atoms with Crippen molar-refractivity contribution in [2.45, 2.75) is 53.1 Å². The molecule has 0 fully saturated rings. The molecule has 180 valence electrons. The van der Waals surface area contributed by atoms with E-state index >= 15 is 0 Å². The molecule has 8 heteroatoms. The number of carbonyl (C=O) groups excluding carboxylic acids is 2. The van der Waals surface area contributed by atoms with Gasteiger partial charge in [-0.05, 0) is 56.9 Å². The van der Waals surface area contributed by atoms with Crippen LogP contribution in [0.2, 0.25) is 0 Å². The van der Waals surface area contributed by atoms with Gasteiger partial charge in [0.25, 0.3) is 0 Å². The van der Waals surface area contributed by atoms with Crippen molar-refractivity contribution in [3.63, 3.8) is 0 Å². The van der Waals surface area contributed by atoms with Gasteiger partial charge in [0.2, 0.25) is 21.8 Å². The second kappa shape index (κ2) is 11.8. The highest BCUT2D eigenvalue weighted by Crippen LogP contribution is 2.24. The Morgan fingerprint density at radius 1 is 1.06 bits per heavy atom. The maximum atomic E-state index is 13.2. The normalized spacial score (nSPS) is 12.2. The van der Waals surface area contributed by atoms with Crippen LogP contribution in [0.4, 0.5) is 5.69 Å². The number of aryl methyl sites for hydroxylation is 2. The Balaban J connectivity index is 2.16. The smallest absolute Gasteiger partial charge is 0.242 e. The molecule has 1 atom stereocenters. The van der Waals surface area contributed by atoms with Crippen LogP contribution in [0.1, 0.15) is 43.4 Å². The fourth-order valence-corrected chi connectivity index (χ4v) is 4.67. The Hall–Kier alpha value is -2.87. The third kappa shape index (κ3) is 7.60. The predicted octanol–water partition coefficient (Wildman–Crippen LogP) is 3.40. The third-order valence-electron chi connectivity index (χ3n) is 5.50. The van der Waals surface area contributed by atoms with Crippen molar-refractivity contribution in [3.8, 4) is 0 Å². The van der Waals surface area contributed by atoms with Crippen LogP contribution in [0.15, 0.2) is 48.5 Å². The van der Waals surface area contributed by atoms with Gasteiger partial charge in [-0.1, -0.05) is 42.5 Å². The summed E-state index contributed by atoms with van der Waals surface area (Å²) in [4.78, 5) is 27.2. The number of sulfonamides is 1. The van der Waals surface area contributed by atoms with Crippen LogP contribution in [-0.4, -0.2) is 50.5 Å². The molecule has 0 aliphatic carbocycles. The van der Waals surface area contributed by atoms with E-state index < -0.39 is 16.1 Å². The highest BCUT2D eigenvalue weighted by atomic mass is 32.2. The van der Waals surface area contributed by atoms with Gasteiger partial charge in [0.1, 0.15) is 6.04 Å². The molecule has 0 unspecified atom stereocenters. The summed E-state index contributed by atoms with van der Waals surface area (Å²) in [6, 6.07) is 14.5. The van der Waals surface area contributed by atoms with Crippen LogP contribution in [-0.2, 0) is 26.2 Å². The average molecular weight is 474 g/mol. The molecular formula is C25H35N3O4S. The highest BCUT2D eigenvalue weighted by molar-refractivity contribution is 7.92. The topological polar surface area (TPSA) is 86.8 Å². The fourth-order valence-electron chi connectivity index (χ4n) is 3.66. The monoisotopic (exact) mass is 473 g/mol. The Labute approximate surface area is 197 Å². The van der Waals surface area contributed by atoms with Crippen molar-refractivity contribution in [2.75, 3.05) is 23.7 Å². The van der Waals surface area contributed by atoms with E-state index in [4.69, 9.17) is 0 Å². The van der Waals surface area contributed by atoms with E-state index in [-0.39, 0.29) is 24.8 Å². The van der Waals surface area contributed by atoms with Crippen molar-refractivity contribution in [2.24, 2.45) is 0 Å². The molecule has 0 aromatic heterocycles. The minimum atomic E-state index is -3.52. The van der Waals surface area contributed by atoms with Crippen LogP contribution in [0.5, 0.6) is 0 Å². The first-order valence-electron chi connectivity index (χ1n) is 11.2. The van der Waals surface area contributed by atoms with Crippen LogP contribution in [0.25, 0.3) is 0 Å². The largest absolute Gasteiger partial charge is 0.355 e. The van der Waals surface area contributed by atoms with E-state index in [0.717, 1.165) is 16.7 Å². The lowest BCUT2D eigenvalue weighted by molar-refractivity contribution is -0.140. The van der Waals surface area contributed by atoms with Crippen LogP contribution in [0, 0.1) is 13.8 Å². The molecule has 0 heterocycles. The molecule has 1 N–H and O–H groups in total. The van der Waals surface area contributed by atoms with Crippen molar-refractivity contribution in [1.82, 2.24) is 10.2 Å². The average Bonchev–Trinajstić information content (AvgIpc) is 2.76. The zero-order chi connectivity index (χ0) is 24.6. The van der Waals surface area contributed by atoms with Gasteiger partial charge in [0, 0.05) is 26.1 Å². The van der Waals surface area contributed by atoms with Gasteiger partial charge in [-0.3, -0.25) is 13.9 Å². The number of amides is 2. The number of benzene rings is 2. The Bertz CT molecular complexity index is 1050. The summed E-state index contributed by atoms with van der Waals surface area (Å²) in [5.74, 6) is -0.401. The molecule has 2 rings (SSSR count). The first-order chi connectivity index (χ1) is 15.5. The maximum Gasteiger partial charge on any atom is 0.242 e. The summed E-state index contributed by atoms with van der Waals surface area (Å²) in [5, 5.41) is 2.77. The van der Waals surface area contributed by atoms with Gasteiger partial charge in [-0.15, -0.1) is 0 Å². The quantitative estimate of drug-likeness (QED) is 0.542. The number of likely N-dealkylation sites (N-methyl/N-ethyl adjacent to an activating group) is 1. The summed E-state index contributed by atoms with van der Waals surface area (Å²) in [6.45, 7) is 8.31. The van der Waals surface area contributed by atoms with E-state index in [0.29, 0.717) is 25.2 Å². The van der Waals surface area contributed by atoms with Crippen LogP contribution < -0.4 is 9.62 Å². The SMILES string of the molecule is CCNC(=O)[C@@H](C)N(Cc1ccccc1)C(=O)CCCN(c1cc(C)ccc1C)S(C)(=O)=O. The lowest BCUT2D eigenvalue weighted by Gasteiger charge is -2.29. The van der Waals surface area contributed by atoms with E-state index in [2.05, 4.69) is 5.32 Å². The molecule has 2 aromatic rings. The van der Waals surface area contributed by atoms with Gasteiger partial charge in [0.05, 0.1) is 11.9 Å². The van der Waals surface area contributed by atoms with Gasteiger partial charge in [-0.25, -0.2) is 8.42 Å². The summed E-state index contributed by atoms with van der Waals surface area (Å²) >= 11 is 0. The predicted molar refractivity (Wildman–Crippen MR) is 132 cm³/mol. The summed E-state index contributed by atoms with van der Waals surface area (Å²) in [7, 11) is -3.52. The molecular weight excluding hydrogens is 438 g/mol. The molecule has 0 bridgehead atoms. The third-order valence-corrected chi connectivity index (χ3v) is 6.68. The number of hydrogen-bond acceptors (Lipinski definition) is 4. The molecule has 0 aliphatic heterocycles. The second-order valence-electron chi connectivity index (χ2n) is 8.31. The van der Waals surface area contributed by atoms with Crippen LogP contribution in [0.3, 0.4) is 0 Å². The van der Waals surface area contributed by atoms with Crippen molar-refractivity contribution in [1.29, 1.82) is 0 Å². The van der Waals surface area contributed by atoms with Gasteiger partial charge in [0.15, 0.2) is 0 Å². The second-order valence-corrected chi connectivity index (χ2v) is 10.2. The Morgan fingerprint density at radius 2 is 1.73 bits per heavy atom. The first-order valence-corrected chi connectivity index (χ1v) is 13.1. The number of carbonyl (C=O) groups is 2. The number of nitrogens with zero attached hydrogens (tertiary/aromatic N) is 2. The molecule has 0 radical (unpaired) electrons. The maximum absolute atomic E-state index is 13.2. The van der Waals surface area contributed by atoms with E-state index in [1.165, 1.54) is 10.6 Å². The summed E-state index contributed by atoms with van der Waals surface area (Å²) in [6.07, 6.45) is 1.65. The zero-order valence-electron chi connectivity index (χ0n) is 20.2. The number of rotatable bonds is 11. The van der Waals surface area contributed by atoms with Crippen molar-refractivity contribution >= 4 is 27.5 Å². The molecule has 2 aromatic carbocycles. The molecule has 7 nitrogen and oxygen atoms in total. The Kier molecular flexibility index (Phi) is 9.46. The van der Waals surface area contributed by atoms with Crippen molar-refractivity contribution < 1.29 is 18.0 Å². The van der Waals surface area contributed by atoms with Crippen LogP contribution >= 0.6 is 0 Å². The molecule has 0 aliphatic rings. The van der Waals surface area contributed by atoms with E-state index in [9.17, 15) is 18.0 Å². The van der Waals surface area contributed by atoms with Gasteiger partial charge < -0.3 is 10.2 Å². The summed E-state index contributed by atoms with van der Waals surface area (Å²) < 4.78 is 26.3. The lowest BCUT2D eigenvalue weighted by atomic mass is 10.1. The first kappa shape index (κ1) is 26.4. The standard InChI is InChI=1S/C25H35N3O4S/c1-6-26-25(30)21(4)27(18-22-11-8-7-9-12-22)24(29)13-10-16-28(33(5,31)32)23-17-19(2)14-15-20(23)3/h7-9,11-12,14-15,17,21H,6,10,13,16,18H2,1-5H3,(H,26,30)/t21-/m1/s1. The number of anilines is 1. The fraction of sp³-hybridized carbons (Fsp3) is 0.440.